The summed E-state index contributed by atoms with van der Waals surface area (Å²) in [6.07, 6.45) is 7.31. The number of amides is 2. The molecule has 2 aromatic rings. The summed E-state index contributed by atoms with van der Waals surface area (Å²) >= 11 is 0. The zero-order valence-electron chi connectivity index (χ0n) is 15.6. The smallest absolute Gasteiger partial charge is 0.255 e. The van der Waals surface area contributed by atoms with Crippen LogP contribution < -0.4 is 5.32 Å². The van der Waals surface area contributed by atoms with Crippen molar-refractivity contribution in [2.45, 2.75) is 44.6 Å². The van der Waals surface area contributed by atoms with Gasteiger partial charge >= 0.3 is 0 Å². The maximum atomic E-state index is 13.0. The number of carbonyl (C=O) groups is 2. The van der Waals surface area contributed by atoms with E-state index in [2.05, 4.69) is 10.2 Å². The Morgan fingerprint density at radius 3 is 2.30 bits per heavy atom. The standard InChI is InChI=1S/C23H26N2O2/c26-22(18-8-2-1-3-9-18)24-20-14-12-19(13-15-20)23(27)25-16-6-10-17-7-4-5-11-21(17)25/h1-3,8-9,12-15,17,21H,4-7,10-11,16H2,(H,24,26)/t17-,21-/m0/s1. The first-order chi connectivity index (χ1) is 13.2. The highest BCUT2D eigenvalue weighted by Crippen LogP contribution is 2.36. The number of hydrogen-bond acceptors (Lipinski definition) is 2. The Balaban J connectivity index is 1.44. The molecule has 4 nitrogen and oxygen atoms in total. The minimum absolute atomic E-state index is 0.132. The molecule has 0 unspecified atom stereocenters. The van der Waals surface area contributed by atoms with E-state index in [1.807, 2.05) is 42.5 Å². The zero-order valence-corrected chi connectivity index (χ0v) is 15.6. The van der Waals surface area contributed by atoms with E-state index in [0.717, 1.165) is 19.4 Å². The molecular formula is C23H26N2O2. The molecule has 2 aromatic carbocycles. The summed E-state index contributed by atoms with van der Waals surface area (Å²) in [5.41, 5.74) is 2.03. The minimum Gasteiger partial charge on any atom is -0.335 e. The molecular weight excluding hydrogens is 336 g/mol. The second-order valence-electron chi connectivity index (χ2n) is 7.65. The number of benzene rings is 2. The molecule has 1 saturated heterocycles. The molecule has 1 aliphatic heterocycles. The largest absolute Gasteiger partial charge is 0.335 e. The van der Waals surface area contributed by atoms with Crippen LogP contribution in [0.25, 0.3) is 0 Å². The molecule has 2 aliphatic rings. The van der Waals surface area contributed by atoms with Gasteiger partial charge in [-0.3, -0.25) is 9.59 Å². The highest BCUT2D eigenvalue weighted by molar-refractivity contribution is 6.04. The minimum atomic E-state index is -0.143. The van der Waals surface area contributed by atoms with Crippen LogP contribution in [0.5, 0.6) is 0 Å². The van der Waals surface area contributed by atoms with Crippen molar-refractivity contribution in [3.63, 3.8) is 0 Å². The predicted molar refractivity (Wildman–Crippen MR) is 107 cm³/mol. The van der Waals surface area contributed by atoms with E-state index in [4.69, 9.17) is 0 Å². The first kappa shape index (κ1) is 17.8. The van der Waals surface area contributed by atoms with Crippen molar-refractivity contribution in [3.05, 3.63) is 65.7 Å². The van der Waals surface area contributed by atoms with Gasteiger partial charge in [-0.05, 0) is 68.0 Å². The first-order valence-corrected chi connectivity index (χ1v) is 10.00. The van der Waals surface area contributed by atoms with E-state index in [1.54, 1.807) is 12.1 Å². The second kappa shape index (κ2) is 7.95. The van der Waals surface area contributed by atoms with Gasteiger partial charge in [0.15, 0.2) is 0 Å². The highest BCUT2D eigenvalue weighted by atomic mass is 16.2. The monoisotopic (exact) mass is 362 g/mol. The van der Waals surface area contributed by atoms with E-state index < -0.39 is 0 Å². The van der Waals surface area contributed by atoms with Crippen LogP contribution in [-0.4, -0.2) is 29.3 Å². The molecule has 0 aromatic heterocycles. The molecule has 2 atom stereocenters. The molecule has 1 heterocycles. The summed E-state index contributed by atoms with van der Waals surface area (Å²) in [6, 6.07) is 16.8. The second-order valence-corrected chi connectivity index (χ2v) is 7.65. The van der Waals surface area contributed by atoms with Gasteiger partial charge in [-0.15, -0.1) is 0 Å². The lowest BCUT2D eigenvalue weighted by molar-refractivity contribution is 0.0390. The van der Waals surface area contributed by atoms with Gasteiger partial charge in [0.05, 0.1) is 0 Å². The van der Waals surface area contributed by atoms with Crippen LogP contribution in [0, 0.1) is 5.92 Å². The lowest BCUT2D eigenvalue weighted by Gasteiger charge is -2.44. The van der Waals surface area contributed by atoms with Crippen LogP contribution in [0.2, 0.25) is 0 Å². The van der Waals surface area contributed by atoms with Crippen molar-refractivity contribution in [1.29, 1.82) is 0 Å². The molecule has 2 amide bonds. The summed E-state index contributed by atoms with van der Waals surface area (Å²) in [4.78, 5) is 27.4. The molecule has 4 rings (SSSR count). The molecule has 2 fully saturated rings. The Morgan fingerprint density at radius 1 is 0.815 bits per heavy atom. The number of likely N-dealkylation sites (tertiary alicyclic amines) is 1. The van der Waals surface area contributed by atoms with Crippen molar-refractivity contribution in [3.8, 4) is 0 Å². The summed E-state index contributed by atoms with van der Waals surface area (Å²) in [7, 11) is 0. The number of nitrogens with one attached hydrogen (secondary N) is 1. The lowest BCUT2D eigenvalue weighted by atomic mass is 9.78. The average molecular weight is 362 g/mol. The van der Waals surface area contributed by atoms with Crippen molar-refractivity contribution >= 4 is 17.5 Å². The molecule has 0 radical (unpaired) electrons. The van der Waals surface area contributed by atoms with Gasteiger partial charge in [0, 0.05) is 29.4 Å². The van der Waals surface area contributed by atoms with E-state index >= 15 is 0 Å². The topological polar surface area (TPSA) is 49.4 Å². The molecule has 0 spiro atoms. The normalized spacial score (nSPS) is 22.0. The summed E-state index contributed by atoms with van der Waals surface area (Å²) < 4.78 is 0. The number of piperidine rings is 1. The first-order valence-electron chi connectivity index (χ1n) is 10.00. The van der Waals surface area contributed by atoms with Crippen molar-refractivity contribution in [2.24, 2.45) is 5.92 Å². The third kappa shape index (κ3) is 3.90. The van der Waals surface area contributed by atoms with Gasteiger partial charge in [0.1, 0.15) is 0 Å². The molecule has 0 bridgehead atoms. The SMILES string of the molecule is O=C(Nc1ccc(C(=O)N2CCC[C@@H]3CCCC[C@@H]32)cc1)c1ccccc1. The Kier molecular flexibility index (Phi) is 5.23. The van der Waals surface area contributed by atoms with Gasteiger partial charge in [0.2, 0.25) is 0 Å². The molecule has 4 heteroatoms. The molecule has 1 N–H and O–H groups in total. The Bertz CT molecular complexity index is 799. The van der Waals surface area contributed by atoms with Gasteiger partial charge in [-0.2, -0.15) is 0 Å². The number of anilines is 1. The molecule has 1 aliphatic carbocycles. The quantitative estimate of drug-likeness (QED) is 0.858. The maximum absolute atomic E-state index is 13.0. The number of hydrogen-bond donors (Lipinski definition) is 1. The third-order valence-electron chi connectivity index (χ3n) is 5.93. The number of fused-ring (bicyclic) bond motifs is 1. The third-order valence-corrected chi connectivity index (χ3v) is 5.93. The summed E-state index contributed by atoms with van der Waals surface area (Å²) in [5.74, 6) is 0.671. The van der Waals surface area contributed by atoms with Crippen LogP contribution in [0.4, 0.5) is 5.69 Å². The van der Waals surface area contributed by atoms with E-state index in [1.165, 1.54) is 25.7 Å². The van der Waals surface area contributed by atoms with Crippen LogP contribution in [0.3, 0.4) is 0 Å². The highest BCUT2D eigenvalue weighted by Gasteiger charge is 2.35. The van der Waals surface area contributed by atoms with Gasteiger partial charge in [0.25, 0.3) is 11.8 Å². The van der Waals surface area contributed by atoms with E-state index in [9.17, 15) is 9.59 Å². The fraction of sp³-hybridized carbons (Fsp3) is 0.391. The summed E-state index contributed by atoms with van der Waals surface area (Å²) in [6.45, 7) is 0.868. The fourth-order valence-corrected chi connectivity index (χ4v) is 4.53. The predicted octanol–water partition coefficient (Wildman–Crippen LogP) is 4.73. The Labute approximate surface area is 160 Å². The number of nitrogens with zero attached hydrogens (tertiary/aromatic N) is 1. The van der Waals surface area contributed by atoms with Crippen LogP contribution in [-0.2, 0) is 0 Å². The van der Waals surface area contributed by atoms with Crippen LogP contribution >= 0.6 is 0 Å². The van der Waals surface area contributed by atoms with Gasteiger partial charge in [-0.25, -0.2) is 0 Å². The van der Waals surface area contributed by atoms with Crippen LogP contribution in [0.15, 0.2) is 54.6 Å². The van der Waals surface area contributed by atoms with Crippen molar-refractivity contribution in [2.75, 3.05) is 11.9 Å². The number of rotatable bonds is 3. The molecule has 1 saturated carbocycles. The lowest BCUT2D eigenvalue weighted by Crippen LogP contribution is -2.49. The van der Waals surface area contributed by atoms with E-state index in [0.29, 0.717) is 28.8 Å². The zero-order chi connectivity index (χ0) is 18.6. The maximum Gasteiger partial charge on any atom is 0.255 e. The van der Waals surface area contributed by atoms with Gasteiger partial charge < -0.3 is 10.2 Å². The van der Waals surface area contributed by atoms with Crippen molar-refractivity contribution in [1.82, 2.24) is 4.90 Å². The number of carbonyl (C=O) groups excluding carboxylic acids is 2. The molecule has 27 heavy (non-hydrogen) atoms. The molecule has 140 valence electrons. The average Bonchev–Trinajstić information content (AvgIpc) is 2.74. The van der Waals surface area contributed by atoms with Gasteiger partial charge in [-0.1, -0.05) is 31.0 Å². The van der Waals surface area contributed by atoms with E-state index in [-0.39, 0.29) is 11.8 Å². The Hall–Kier alpha value is -2.62. The van der Waals surface area contributed by atoms with Crippen molar-refractivity contribution < 1.29 is 9.59 Å². The Morgan fingerprint density at radius 2 is 1.52 bits per heavy atom. The summed E-state index contributed by atoms with van der Waals surface area (Å²) in [5, 5.41) is 2.89. The fourth-order valence-electron chi connectivity index (χ4n) is 4.53. The van der Waals surface area contributed by atoms with Crippen LogP contribution in [0.1, 0.15) is 59.2 Å².